The highest BCUT2D eigenvalue weighted by atomic mass is 15.2. The van der Waals surface area contributed by atoms with Crippen molar-refractivity contribution in [2.24, 2.45) is 0 Å². The van der Waals surface area contributed by atoms with Crippen molar-refractivity contribution in [3.8, 4) is 0 Å². The molecular formula is C12H22N4. The maximum Gasteiger partial charge on any atom is 0.203 e. The van der Waals surface area contributed by atoms with Gasteiger partial charge in [0.05, 0.1) is 5.69 Å². The molecule has 0 aliphatic heterocycles. The minimum Gasteiger partial charge on any atom is -0.354 e. The van der Waals surface area contributed by atoms with E-state index in [1.807, 2.05) is 19.2 Å². The van der Waals surface area contributed by atoms with Crippen LogP contribution in [0.1, 0.15) is 12.6 Å². The number of nitrogens with zero attached hydrogens (tertiary/aromatic N) is 3. The molecule has 16 heavy (non-hydrogen) atoms. The Bertz CT molecular complexity index is 330. The van der Waals surface area contributed by atoms with Crippen LogP contribution in [0.2, 0.25) is 0 Å². The number of imidazole rings is 1. The van der Waals surface area contributed by atoms with Gasteiger partial charge < -0.3 is 14.8 Å². The molecule has 4 heteroatoms. The number of rotatable bonds is 7. The Morgan fingerprint density at radius 1 is 1.62 bits per heavy atom. The molecule has 0 aliphatic rings. The first-order valence-electron chi connectivity index (χ1n) is 5.74. The SMILES string of the molecule is C=CCn1cc(C)nc1NCCN(C)CC. The molecule has 0 aliphatic carbocycles. The lowest BCUT2D eigenvalue weighted by molar-refractivity contribution is 0.366. The van der Waals surface area contributed by atoms with Crippen molar-refractivity contribution >= 4 is 5.95 Å². The maximum absolute atomic E-state index is 4.44. The van der Waals surface area contributed by atoms with Gasteiger partial charge in [-0.15, -0.1) is 6.58 Å². The van der Waals surface area contributed by atoms with Gasteiger partial charge in [0.25, 0.3) is 0 Å². The standard InChI is InChI=1S/C12H22N4/c1-5-8-16-10-11(3)14-12(16)13-7-9-15(4)6-2/h5,10H,1,6-9H2,2-4H3,(H,13,14). The highest BCUT2D eigenvalue weighted by Crippen LogP contribution is 2.07. The van der Waals surface area contributed by atoms with E-state index in [2.05, 4.69) is 40.3 Å². The Hall–Kier alpha value is -1.29. The molecule has 0 amide bonds. The van der Waals surface area contributed by atoms with Crippen molar-refractivity contribution in [3.63, 3.8) is 0 Å². The van der Waals surface area contributed by atoms with Crippen molar-refractivity contribution in [3.05, 3.63) is 24.5 Å². The van der Waals surface area contributed by atoms with Gasteiger partial charge in [0.1, 0.15) is 0 Å². The third-order valence-electron chi connectivity index (χ3n) is 2.54. The molecule has 1 aromatic rings. The maximum atomic E-state index is 4.44. The fourth-order valence-electron chi connectivity index (χ4n) is 1.48. The lowest BCUT2D eigenvalue weighted by atomic mass is 10.5. The molecule has 0 saturated carbocycles. The Labute approximate surface area is 98.0 Å². The number of hydrogen-bond acceptors (Lipinski definition) is 3. The second-order valence-corrected chi connectivity index (χ2v) is 3.97. The van der Waals surface area contributed by atoms with E-state index in [9.17, 15) is 0 Å². The van der Waals surface area contributed by atoms with Crippen LogP contribution in [0, 0.1) is 6.92 Å². The van der Waals surface area contributed by atoms with E-state index in [-0.39, 0.29) is 0 Å². The molecule has 1 aromatic heterocycles. The molecule has 0 aromatic carbocycles. The van der Waals surface area contributed by atoms with Gasteiger partial charge in [0, 0.05) is 25.8 Å². The summed E-state index contributed by atoms with van der Waals surface area (Å²) in [6, 6.07) is 0. The van der Waals surface area contributed by atoms with E-state index < -0.39 is 0 Å². The normalized spacial score (nSPS) is 10.8. The first-order chi connectivity index (χ1) is 7.67. The van der Waals surface area contributed by atoms with Crippen molar-refractivity contribution in [2.45, 2.75) is 20.4 Å². The summed E-state index contributed by atoms with van der Waals surface area (Å²) in [4.78, 5) is 6.70. The van der Waals surface area contributed by atoms with Crippen LogP contribution in [0.4, 0.5) is 5.95 Å². The van der Waals surface area contributed by atoms with Crippen LogP contribution in [0.15, 0.2) is 18.9 Å². The average Bonchev–Trinajstić information content (AvgIpc) is 2.59. The molecule has 4 nitrogen and oxygen atoms in total. The molecule has 90 valence electrons. The Kier molecular flexibility index (Phi) is 5.05. The predicted octanol–water partition coefficient (Wildman–Crippen LogP) is 1.74. The van der Waals surface area contributed by atoms with Crippen LogP contribution < -0.4 is 5.32 Å². The van der Waals surface area contributed by atoms with Gasteiger partial charge in [0.15, 0.2) is 0 Å². The fourth-order valence-corrected chi connectivity index (χ4v) is 1.48. The van der Waals surface area contributed by atoms with Crippen LogP contribution in [0.3, 0.4) is 0 Å². The van der Waals surface area contributed by atoms with Crippen LogP contribution in [0.25, 0.3) is 0 Å². The molecule has 0 bridgehead atoms. The molecule has 1 N–H and O–H groups in total. The first-order valence-corrected chi connectivity index (χ1v) is 5.74. The summed E-state index contributed by atoms with van der Waals surface area (Å²) in [5.41, 5.74) is 1.04. The van der Waals surface area contributed by atoms with Gasteiger partial charge in [-0.05, 0) is 20.5 Å². The molecule has 0 saturated heterocycles. The van der Waals surface area contributed by atoms with Crippen LogP contribution in [-0.2, 0) is 6.54 Å². The van der Waals surface area contributed by atoms with E-state index in [1.54, 1.807) is 0 Å². The lowest BCUT2D eigenvalue weighted by Crippen LogP contribution is -2.25. The number of aryl methyl sites for hydroxylation is 1. The Morgan fingerprint density at radius 2 is 2.38 bits per heavy atom. The molecule has 0 radical (unpaired) electrons. The largest absolute Gasteiger partial charge is 0.354 e. The zero-order valence-corrected chi connectivity index (χ0v) is 10.5. The van der Waals surface area contributed by atoms with E-state index in [0.29, 0.717) is 0 Å². The van der Waals surface area contributed by atoms with Crippen molar-refractivity contribution in [2.75, 3.05) is 32.0 Å². The third-order valence-corrected chi connectivity index (χ3v) is 2.54. The summed E-state index contributed by atoms with van der Waals surface area (Å²) in [5, 5.41) is 3.35. The molecule has 0 atom stereocenters. The van der Waals surface area contributed by atoms with E-state index in [1.165, 1.54) is 0 Å². The number of anilines is 1. The minimum atomic E-state index is 0.798. The summed E-state index contributed by atoms with van der Waals surface area (Å²) < 4.78 is 2.08. The van der Waals surface area contributed by atoms with Gasteiger partial charge in [-0.1, -0.05) is 13.0 Å². The molecule has 0 spiro atoms. The molecular weight excluding hydrogens is 200 g/mol. The zero-order valence-electron chi connectivity index (χ0n) is 10.5. The number of aromatic nitrogens is 2. The second kappa shape index (κ2) is 6.33. The zero-order chi connectivity index (χ0) is 12.0. The van der Waals surface area contributed by atoms with Gasteiger partial charge in [-0.2, -0.15) is 0 Å². The van der Waals surface area contributed by atoms with E-state index >= 15 is 0 Å². The van der Waals surface area contributed by atoms with Crippen molar-refractivity contribution in [1.82, 2.24) is 14.5 Å². The molecule has 0 fully saturated rings. The summed E-state index contributed by atoms with van der Waals surface area (Å²) in [5.74, 6) is 0.932. The van der Waals surface area contributed by atoms with Crippen molar-refractivity contribution in [1.29, 1.82) is 0 Å². The van der Waals surface area contributed by atoms with Crippen molar-refractivity contribution < 1.29 is 0 Å². The van der Waals surface area contributed by atoms with Crippen LogP contribution in [-0.4, -0.2) is 41.1 Å². The highest BCUT2D eigenvalue weighted by molar-refractivity contribution is 5.29. The Balaban J connectivity index is 2.49. The third kappa shape index (κ3) is 3.70. The van der Waals surface area contributed by atoms with Crippen LogP contribution in [0.5, 0.6) is 0 Å². The fraction of sp³-hybridized carbons (Fsp3) is 0.583. The Morgan fingerprint density at radius 3 is 3.00 bits per heavy atom. The van der Waals surface area contributed by atoms with Gasteiger partial charge >= 0.3 is 0 Å². The summed E-state index contributed by atoms with van der Waals surface area (Å²) in [6.45, 7) is 11.7. The number of likely N-dealkylation sites (N-methyl/N-ethyl adjacent to an activating group) is 1. The second-order valence-electron chi connectivity index (χ2n) is 3.97. The first kappa shape index (κ1) is 12.8. The summed E-state index contributed by atoms with van der Waals surface area (Å²) in [7, 11) is 2.11. The van der Waals surface area contributed by atoms with E-state index in [4.69, 9.17) is 0 Å². The lowest BCUT2D eigenvalue weighted by Gasteiger charge is -2.14. The summed E-state index contributed by atoms with van der Waals surface area (Å²) in [6.07, 6.45) is 3.91. The van der Waals surface area contributed by atoms with Gasteiger partial charge in [-0.25, -0.2) is 4.98 Å². The topological polar surface area (TPSA) is 33.1 Å². The minimum absolute atomic E-state index is 0.798. The number of allylic oxidation sites excluding steroid dienone is 1. The highest BCUT2D eigenvalue weighted by Gasteiger charge is 2.03. The molecule has 1 heterocycles. The monoisotopic (exact) mass is 222 g/mol. The van der Waals surface area contributed by atoms with E-state index in [0.717, 1.165) is 37.8 Å². The number of nitrogens with one attached hydrogen (secondary N) is 1. The molecule has 1 rings (SSSR count). The average molecular weight is 222 g/mol. The smallest absolute Gasteiger partial charge is 0.203 e. The van der Waals surface area contributed by atoms with Crippen LogP contribution >= 0.6 is 0 Å². The number of hydrogen-bond donors (Lipinski definition) is 1. The predicted molar refractivity (Wildman–Crippen MR) is 68.8 cm³/mol. The summed E-state index contributed by atoms with van der Waals surface area (Å²) >= 11 is 0. The quantitative estimate of drug-likeness (QED) is 0.713. The van der Waals surface area contributed by atoms with Gasteiger partial charge in [-0.3, -0.25) is 0 Å². The van der Waals surface area contributed by atoms with Gasteiger partial charge in [0.2, 0.25) is 5.95 Å². The molecule has 0 unspecified atom stereocenters.